The van der Waals surface area contributed by atoms with Crippen LogP contribution in [0.25, 0.3) is 0 Å². The van der Waals surface area contributed by atoms with Crippen molar-refractivity contribution in [3.8, 4) is 0 Å². The third-order valence-corrected chi connectivity index (χ3v) is 6.82. The number of nitrogens with two attached hydrogens (primary N) is 1. The molecule has 118 valence electrons. The second kappa shape index (κ2) is 6.73. The second-order valence-electron chi connectivity index (χ2n) is 5.30. The Kier molecular flexibility index (Phi) is 5.41. The van der Waals surface area contributed by atoms with Crippen LogP contribution in [0.1, 0.15) is 39.0 Å². The van der Waals surface area contributed by atoms with Gasteiger partial charge in [-0.3, -0.25) is 0 Å². The minimum atomic E-state index is -3.65. The predicted molar refractivity (Wildman–Crippen MR) is 87.3 cm³/mol. The van der Waals surface area contributed by atoms with Gasteiger partial charge in [0.05, 0.1) is 15.7 Å². The Hall–Kier alpha value is -0.490. The van der Waals surface area contributed by atoms with Crippen LogP contribution in [0.5, 0.6) is 0 Å². The summed E-state index contributed by atoms with van der Waals surface area (Å²) in [5.41, 5.74) is 5.87. The Bertz CT molecular complexity index is 620. The topological polar surface area (TPSA) is 63.4 Å². The third kappa shape index (κ3) is 3.31. The summed E-state index contributed by atoms with van der Waals surface area (Å²) in [6, 6.07) is 2.94. The molecule has 2 rings (SSSR count). The lowest BCUT2D eigenvalue weighted by molar-refractivity contribution is 0.315. The maximum absolute atomic E-state index is 12.9. The van der Waals surface area contributed by atoms with Gasteiger partial charge in [0.2, 0.25) is 10.0 Å². The number of anilines is 1. The first-order valence-electron chi connectivity index (χ1n) is 7.15. The molecule has 1 aliphatic heterocycles. The van der Waals surface area contributed by atoms with Crippen molar-refractivity contribution in [3.63, 3.8) is 0 Å². The Balaban J connectivity index is 2.47. The summed E-state index contributed by atoms with van der Waals surface area (Å²) in [4.78, 5) is 0.0476. The number of rotatable bonds is 3. The van der Waals surface area contributed by atoms with Crippen molar-refractivity contribution in [2.45, 2.75) is 50.0 Å². The molecule has 0 spiro atoms. The van der Waals surface area contributed by atoms with E-state index in [1.165, 1.54) is 12.1 Å². The Labute approximate surface area is 136 Å². The third-order valence-electron chi connectivity index (χ3n) is 3.97. The number of benzene rings is 1. The first kappa shape index (κ1) is 16.9. The highest BCUT2D eigenvalue weighted by molar-refractivity contribution is 7.89. The van der Waals surface area contributed by atoms with E-state index in [1.807, 2.05) is 6.92 Å². The highest BCUT2D eigenvalue weighted by atomic mass is 35.5. The molecule has 7 heteroatoms. The highest BCUT2D eigenvalue weighted by Crippen LogP contribution is 2.36. The van der Waals surface area contributed by atoms with Gasteiger partial charge in [-0.1, -0.05) is 43.0 Å². The van der Waals surface area contributed by atoms with E-state index in [4.69, 9.17) is 28.9 Å². The summed E-state index contributed by atoms with van der Waals surface area (Å²) in [6.07, 6.45) is 4.66. The molecule has 1 fully saturated rings. The van der Waals surface area contributed by atoms with Crippen molar-refractivity contribution in [1.29, 1.82) is 0 Å². The van der Waals surface area contributed by atoms with Crippen LogP contribution >= 0.6 is 23.2 Å². The lowest BCUT2D eigenvalue weighted by atomic mass is 10.1. The van der Waals surface area contributed by atoms with E-state index in [2.05, 4.69) is 0 Å². The van der Waals surface area contributed by atoms with Gasteiger partial charge in [0.25, 0.3) is 0 Å². The van der Waals surface area contributed by atoms with Crippen molar-refractivity contribution in [2.75, 3.05) is 12.3 Å². The Morgan fingerprint density at radius 2 is 2.00 bits per heavy atom. The average Bonchev–Trinajstić information content (AvgIpc) is 2.70. The minimum Gasteiger partial charge on any atom is -0.396 e. The lowest BCUT2D eigenvalue weighted by Gasteiger charge is -2.28. The molecule has 4 nitrogen and oxygen atoms in total. The number of nitrogen functional groups attached to an aromatic ring is 1. The zero-order chi connectivity index (χ0) is 15.6. The van der Waals surface area contributed by atoms with Crippen LogP contribution in [0.4, 0.5) is 5.69 Å². The van der Waals surface area contributed by atoms with Gasteiger partial charge in [-0.2, -0.15) is 4.31 Å². The summed E-state index contributed by atoms with van der Waals surface area (Å²) in [7, 11) is -3.65. The molecular weight excluding hydrogens is 331 g/mol. The van der Waals surface area contributed by atoms with Gasteiger partial charge in [0.15, 0.2) is 0 Å². The standard InChI is InChI=1S/C14H20Cl2N2O2S/c1-2-10-6-4-3-5-9-18(10)21(19,20)12-8-7-11(15)14(17)13(12)16/h7-8,10H,2-6,9,17H2,1H3. The van der Waals surface area contributed by atoms with E-state index in [9.17, 15) is 8.42 Å². The molecule has 0 amide bonds. The van der Waals surface area contributed by atoms with E-state index in [0.29, 0.717) is 6.54 Å². The first-order valence-corrected chi connectivity index (χ1v) is 9.34. The molecule has 0 radical (unpaired) electrons. The summed E-state index contributed by atoms with van der Waals surface area (Å²) >= 11 is 12.0. The first-order chi connectivity index (χ1) is 9.89. The molecule has 1 unspecified atom stereocenters. The normalized spacial score (nSPS) is 21.2. The number of hydrogen-bond acceptors (Lipinski definition) is 3. The van der Waals surface area contributed by atoms with Crippen molar-refractivity contribution >= 4 is 38.9 Å². The number of halogens is 2. The Morgan fingerprint density at radius 1 is 1.29 bits per heavy atom. The molecule has 0 bridgehead atoms. The average molecular weight is 351 g/mol. The fourth-order valence-electron chi connectivity index (χ4n) is 2.75. The molecule has 1 atom stereocenters. The monoisotopic (exact) mass is 350 g/mol. The van der Waals surface area contributed by atoms with E-state index >= 15 is 0 Å². The van der Waals surface area contributed by atoms with Crippen LogP contribution < -0.4 is 5.73 Å². The van der Waals surface area contributed by atoms with Gasteiger partial charge in [-0.15, -0.1) is 0 Å². The fourth-order valence-corrected chi connectivity index (χ4v) is 5.26. The molecule has 1 aromatic rings. The molecule has 1 heterocycles. The maximum atomic E-state index is 12.9. The molecule has 1 aliphatic rings. The van der Waals surface area contributed by atoms with E-state index < -0.39 is 10.0 Å². The summed E-state index contributed by atoms with van der Waals surface area (Å²) in [5, 5.41) is 0.281. The van der Waals surface area contributed by atoms with Crippen LogP contribution in [0, 0.1) is 0 Å². The zero-order valence-electron chi connectivity index (χ0n) is 12.0. The van der Waals surface area contributed by atoms with Gasteiger partial charge >= 0.3 is 0 Å². The molecule has 1 saturated heterocycles. The predicted octanol–water partition coefficient (Wildman–Crippen LogP) is 3.92. The van der Waals surface area contributed by atoms with Crippen LogP contribution in [-0.2, 0) is 10.0 Å². The maximum Gasteiger partial charge on any atom is 0.244 e. The molecule has 0 aliphatic carbocycles. The lowest BCUT2D eigenvalue weighted by Crippen LogP contribution is -2.39. The van der Waals surface area contributed by atoms with Gasteiger partial charge in [-0.25, -0.2) is 8.42 Å². The fraction of sp³-hybridized carbons (Fsp3) is 0.571. The largest absolute Gasteiger partial charge is 0.396 e. The van der Waals surface area contributed by atoms with Crippen molar-refractivity contribution < 1.29 is 8.42 Å². The summed E-state index contributed by atoms with van der Waals surface area (Å²) in [5.74, 6) is 0. The van der Waals surface area contributed by atoms with Gasteiger partial charge in [0.1, 0.15) is 4.90 Å². The van der Waals surface area contributed by atoms with Gasteiger partial charge in [0, 0.05) is 12.6 Å². The van der Waals surface area contributed by atoms with E-state index in [-0.39, 0.29) is 26.7 Å². The minimum absolute atomic E-state index is 0.0154. The smallest absolute Gasteiger partial charge is 0.244 e. The number of sulfonamides is 1. The van der Waals surface area contributed by atoms with Gasteiger partial charge < -0.3 is 5.73 Å². The van der Waals surface area contributed by atoms with Crippen molar-refractivity contribution in [3.05, 3.63) is 22.2 Å². The quantitative estimate of drug-likeness (QED) is 0.840. The SMILES string of the molecule is CCC1CCCCCN1S(=O)(=O)c1ccc(Cl)c(N)c1Cl. The molecule has 21 heavy (non-hydrogen) atoms. The molecule has 0 saturated carbocycles. The molecule has 0 aromatic heterocycles. The highest BCUT2D eigenvalue weighted by Gasteiger charge is 2.33. The second-order valence-corrected chi connectivity index (χ2v) is 7.94. The Morgan fingerprint density at radius 3 is 2.67 bits per heavy atom. The van der Waals surface area contributed by atoms with E-state index in [0.717, 1.165) is 32.1 Å². The van der Waals surface area contributed by atoms with E-state index in [1.54, 1.807) is 4.31 Å². The number of nitrogens with zero attached hydrogens (tertiary/aromatic N) is 1. The van der Waals surface area contributed by atoms with Crippen LogP contribution in [0.2, 0.25) is 10.0 Å². The van der Waals surface area contributed by atoms with Crippen LogP contribution in [0.15, 0.2) is 17.0 Å². The van der Waals surface area contributed by atoms with Crippen LogP contribution in [-0.4, -0.2) is 25.3 Å². The van der Waals surface area contributed by atoms with Crippen molar-refractivity contribution in [2.24, 2.45) is 0 Å². The van der Waals surface area contributed by atoms with Crippen molar-refractivity contribution in [1.82, 2.24) is 4.31 Å². The summed E-state index contributed by atoms with van der Waals surface area (Å²) in [6.45, 7) is 2.54. The molecule has 1 aromatic carbocycles. The number of hydrogen-bond donors (Lipinski definition) is 1. The van der Waals surface area contributed by atoms with Crippen LogP contribution in [0.3, 0.4) is 0 Å². The molecular formula is C14H20Cl2N2O2S. The zero-order valence-corrected chi connectivity index (χ0v) is 14.3. The molecule has 2 N–H and O–H groups in total. The van der Waals surface area contributed by atoms with Gasteiger partial charge in [-0.05, 0) is 31.4 Å². The summed E-state index contributed by atoms with van der Waals surface area (Å²) < 4.78 is 27.5.